The minimum Gasteiger partial charge on any atom is -0.329 e. The number of hydrogen-bond donors (Lipinski definition) is 1. The second kappa shape index (κ2) is 7.03. The molecule has 0 unspecified atom stereocenters. The first-order valence-corrected chi connectivity index (χ1v) is 9.16. The Hall–Kier alpha value is -2.48. The summed E-state index contributed by atoms with van der Waals surface area (Å²) in [6.45, 7) is 0.310. The number of nitrogens with zero attached hydrogens (tertiary/aromatic N) is 4. The van der Waals surface area contributed by atoms with Gasteiger partial charge in [0.2, 0.25) is 5.13 Å². The van der Waals surface area contributed by atoms with Gasteiger partial charge in [0.05, 0.1) is 34.5 Å². The second-order valence-electron chi connectivity index (χ2n) is 5.42. The summed E-state index contributed by atoms with van der Waals surface area (Å²) in [6, 6.07) is 12.6. The third-order valence-electron chi connectivity index (χ3n) is 3.68. The highest BCUT2D eigenvalue weighted by molar-refractivity contribution is 7.15. The molecule has 0 bridgehead atoms. The molecule has 0 atom stereocenters. The number of hydrogen-bond acceptors (Lipinski definition) is 6. The van der Waals surface area contributed by atoms with Crippen LogP contribution in [0.3, 0.4) is 0 Å². The number of halogens is 2. The molecule has 0 amide bonds. The number of anilines is 2. The summed E-state index contributed by atoms with van der Waals surface area (Å²) in [4.78, 5) is 16.4. The number of rotatable bonds is 4. The molecule has 9 heteroatoms. The van der Waals surface area contributed by atoms with E-state index in [1.165, 1.54) is 17.5 Å². The minimum atomic E-state index is -0.189. The zero-order valence-electron chi connectivity index (χ0n) is 13.2. The maximum absolute atomic E-state index is 12.2. The normalized spacial score (nSPS) is 11.0. The molecule has 1 N–H and O–H groups in total. The summed E-state index contributed by atoms with van der Waals surface area (Å²) in [7, 11) is 0. The first-order chi connectivity index (χ1) is 12.6. The van der Waals surface area contributed by atoms with Crippen LogP contribution < -0.4 is 10.9 Å². The molecule has 0 spiro atoms. The van der Waals surface area contributed by atoms with E-state index < -0.39 is 0 Å². The third-order valence-corrected chi connectivity index (χ3v) is 5.07. The van der Waals surface area contributed by atoms with Crippen molar-refractivity contribution in [2.24, 2.45) is 0 Å². The van der Waals surface area contributed by atoms with E-state index in [2.05, 4.69) is 20.5 Å². The summed E-state index contributed by atoms with van der Waals surface area (Å²) < 4.78 is 1.62. The van der Waals surface area contributed by atoms with Gasteiger partial charge in [-0.25, -0.2) is 4.98 Å². The molecule has 4 aromatic rings. The van der Waals surface area contributed by atoms with Gasteiger partial charge >= 0.3 is 0 Å². The number of benzene rings is 2. The zero-order valence-corrected chi connectivity index (χ0v) is 15.5. The molecule has 4 rings (SSSR count). The summed E-state index contributed by atoms with van der Waals surface area (Å²) in [5, 5.41) is 13.7. The molecule has 0 saturated heterocycles. The van der Waals surface area contributed by atoms with E-state index in [0.717, 1.165) is 11.0 Å². The van der Waals surface area contributed by atoms with Gasteiger partial charge in [0.1, 0.15) is 5.01 Å². The van der Waals surface area contributed by atoms with Gasteiger partial charge in [0, 0.05) is 5.02 Å². The lowest BCUT2D eigenvalue weighted by Crippen LogP contribution is -2.20. The Kier molecular flexibility index (Phi) is 4.58. The standard InChI is InChI=1S/C17H11Cl2N5OS/c18-10-5-6-11(19)13(7-10)21-17-23-22-15(26-17)9-24-14-4-2-1-3-12(14)20-8-16(24)25/h1-8H,9H2,(H,21,23). The van der Waals surface area contributed by atoms with Crippen molar-refractivity contribution in [1.29, 1.82) is 0 Å². The third kappa shape index (κ3) is 3.41. The van der Waals surface area contributed by atoms with Crippen LogP contribution in [0.25, 0.3) is 11.0 Å². The molecule has 0 saturated carbocycles. The topological polar surface area (TPSA) is 72.7 Å². The van der Waals surface area contributed by atoms with Gasteiger partial charge < -0.3 is 5.32 Å². The maximum atomic E-state index is 12.2. The highest BCUT2D eigenvalue weighted by Crippen LogP contribution is 2.29. The molecule has 0 aliphatic rings. The van der Waals surface area contributed by atoms with Crippen LogP contribution in [0, 0.1) is 0 Å². The molecule has 130 valence electrons. The lowest BCUT2D eigenvalue weighted by atomic mass is 10.3. The van der Waals surface area contributed by atoms with Crippen molar-refractivity contribution in [3.63, 3.8) is 0 Å². The first-order valence-electron chi connectivity index (χ1n) is 7.59. The predicted molar refractivity (Wildman–Crippen MR) is 105 cm³/mol. The first kappa shape index (κ1) is 17.0. The Balaban J connectivity index is 1.63. The van der Waals surface area contributed by atoms with Gasteiger partial charge in [0.25, 0.3) is 5.56 Å². The van der Waals surface area contributed by atoms with Crippen molar-refractivity contribution in [2.75, 3.05) is 5.32 Å². The fourth-order valence-corrected chi connectivity index (χ4v) is 3.57. The van der Waals surface area contributed by atoms with Crippen LogP contribution in [-0.2, 0) is 6.54 Å². The van der Waals surface area contributed by atoms with Crippen LogP contribution in [0.4, 0.5) is 10.8 Å². The molecule has 0 aliphatic heterocycles. The molecule has 2 aromatic carbocycles. The highest BCUT2D eigenvalue weighted by atomic mass is 35.5. The molecule has 0 aliphatic carbocycles. The van der Waals surface area contributed by atoms with Gasteiger partial charge in [-0.2, -0.15) is 0 Å². The quantitative estimate of drug-likeness (QED) is 0.548. The number of fused-ring (bicyclic) bond motifs is 1. The summed E-state index contributed by atoms with van der Waals surface area (Å²) in [5.41, 5.74) is 1.96. The van der Waals surface area contributed by atoms with Crippen LogP contribution in [0.1, 0.15) is 5.01 Å². The maximum Gasteiger partial charge on any atom is 0.269 e. The SMILES string of the molecule is O=c1cnc2ccccc2n1Cc1nnc(Nc2cc(Cl)ccc2Cl)s1. The molecular weight excluding hydrogens is 393 g/mol. The van der Waals surface area contributed by atoms with Crippen molar-refractivity contribution >= 4 is 56.4 Å². The summed E-state index contributed by atoms with van der Waals surface area (Å²) in [6.07, 6.45) is 1.31. The molecular formula is C17H11Cl2N5OS. The number of nitrogens with one attached hydrogen (secondary N) is 1. The van der Waals surface area contributed by atoms with Crippen LogP contribution in [0.15, 0.2) is 53.5 Å². The average molecular weight is 404 g/mol. The van der Waals surface area contributed by atoms with Crippen molar-refractivity contribution in [1.82, 2.24) is 19.7 Å². The second-order valence-corrected chi connectivity index (χ2v) is 7.33. The van der Waals surface area contributed by atoms with Gasteiger partial charge in [-0.15, -0.1) is 10.2 Å². The van der Waals surface area contributed by atoms with Crippen LogP contribution in [0.2, 0.25) is 10.0 Å². The molecule has 6 nitrogen and oxygen atoms in total. The van der Waals surface area contributed by atoms with Crippen molar-refractivity contribution in [3.8, 4) is 0 Å². The van der Waals surface area contributed by atoms with E-state index in [4.69, 9.17) is 23.2 Å². The predicted octanol–water partition coefficient (Wildman–Crippen LogP) is 4.35. The monoisotopic (exact) mass is 403 g/mol. The van der Waals surface area contributed by atoms with E-state index in [9.17, 15) is 4.79 Å². The van der Waals surface area contributed by atoms with Gasteiger partial charge in [-0.3, -0.25) is 9.36 Å². The molecule has 26 heavy (non-hydrogen) atoms. The lowest BCUT2D eigenvalue weighted by Gasteiger charge is -2.07. The van der Waals surface area contributed by atoms with Crippen molar-refractivity contribution < 1.29 is 0 Å². The molecule has 0 radical (unpaired) electrons. The highest BCUT2D eigenvalue weighted by Gasteiger charge is 2.10. The Morgan fingerprint density at radius 1 is 1.12 bits per heavy atom. The number of para-hydroxylation sites is 2. The van der Waals surface area contributed by atoms with E-state index in [1.807, 2.05) is 24.3 Å². The molecule has 0 fully saturated rings. The van der Waals surface area contributed by atoms with E-state index >= 15 is 0 Å². The van der Waals surface area contributed by atoms with Crippen molar-refractivity contribution in [2.45, 2.75) is 6.54 Å². The van der Waals surface area contributed by atoms with Crippen LogP contribution in [-0.4, -0.2) is 19.7 Å². The van der Waals surface area contributed by atoms with E-state index in [0.29, 0.717) is 32.4 Å². The Labute approximate surface area is 162 Å². The molecule has 2 heterocycles. The smallest absolute Gasteiger partial charge is 0.269 e. The Bertz CT molecular complexity index is 1160. The molecule has 2 aromatic heterocycles. The van der Waals surface area contributed by atoms with Gasteiger partial charge in [0.15, 0.2) is 0 Å². The fourth-order valence-electron chi connectivity index (χ4n) is 2.49. The van der Waals surface area contributed by atoms with Gasteiger partial charge in [-0.1, -0.05) is 46.7 Å². The van der Waals surface area contributed by atoms with Crippen LogP contribution in [0.5, 0.6) is 0 Å². The zero-order chi connectivity index (χ0) is 18.1. The fraction of sp³-hybridized carbons (Fsp3) is 0.0588. The van der Waals surface area contributed by atoms with Gasteiger partial charge in [-0.05, 0) is 30.3 Å². The van der Waals surface area contributed by atoms with Crippen LogP contribution >= 0.6 is 34.5 Å². The summed E-state index contributed by atoms with van der Waals surface area (Å²) in [5.74, 6) is 0. The van der Waals surface area contributed by atoms with E-state index in [1.54, 1.807) is 22.8 Å². The summed E-state index contributed by atoms with van der Waals surface area (Å²) >= 11 is 13.5. The largest absolute Gasteiger partial charge is 0.329 e. The minimum absolute atomic E-state index is 0.189. The Morgan fingerprint density at radius 3 is 2.85 bits per heavy atom. The lowest BCUT2D eigenvalue weighted by molar-refractivity contribution is 0.769. The average Bonchev–Trinajstić information content (AvgIpc) is 3.08. The van der Waals surface area contributed by atoms with E-state index in [-0.39, 0.29) is 5.56 Å². The Morgan fingerprint density at radius 2 is 1.96 bits per heavy atom. The number of aromatic nitrogens is 4. The van der Waals surface area contributed by atoms with Crippen molar-refractivity contribution in [3.05, 3.63) is 74.1 Å².